The second-order valence-electron chi connectivity index (χ2n) is 8.89. The zero-order chi connectivity index (χ0) is 22.4. The van der Waals surface area contributed by atoms with Crippen LogP contribution in [0.1, 0.15) is 83.0 Å². The van der Waals surface area contributed by atoms with E-state index in [0.717, 1.165) is 37.7 Å². The molecular formula is C27H42O5. The summed E-state index contributed by atoms with van der Waals surface area (Å²) in [5.74, 6) is 0. The molecule has 5 atom stereocenters. The van der Waals surface area contributed by atoms with Crippen molar-refractivity contribution in [3.8, 4) is 0 Å². The lowest BCUT2D eigenvalue weighted by atomic mass is 9.94. The number of unbranched alkanes of at least 4 members (excludes halogenated alkanes) is 5. The highest BCUT2D eigenvalue weighted by Crippen LogP contribution is 2.34. The first-order valence-corrected chi connectivity index (χ1v) is 12.5. The summed E-state index contributed by atoms with van der Waals surface area (Å²) in [7, 11) is 1.67. The van der Waals surface area contributed by atoms with Crippen LogP contribution in [0.2, 0.25) is 0 Å². The molecule has 0 N–H and O–H groups in total. The number of ether oxygens (including phenoxy) is 5. The molecule has 0 saturated carbocycles. The number of benzene rings is 1. The Labute approximate surface area is 194 Å². The summed E-state index contributed by atoms with van der Waals surface area (Å²) in [5.41, 5.74) is 1.06. The van der Waals surface area contributed by atoms with Crippen LogP contribution in [0.4, 0.5) is 0 Å². The molecule has 0 aromatic heterocycles. The number of allylic oxidation sites excluding steroid dienone is 1. The van der Waals surface area contributed by atoms with Crippen molar-refractivity contribution in [3.05, 3.63) is 48.0 Å². The third-order valence-electron chi connectivity index (χ3n) is 6.37. The van der Waals surface area contributed by atoms with E-state index in [1.54, 1.807) is 7.11 Å². The molecule has 2 aliphatic heterocycles. The van der Waals surface area contributed by atoms with Crippen LogP contribution < -0.4 is 0 Å². The predicted molar refractivity (Wildman–Crippen MR) is 126 cm³/mol. The van der Waals surface area contributed by atoms with Gasteiger partial charge in [0, 0.05) is 12.7 Å². The van der Waals surface area contributed by atoms with Gasteiger partial charge in [0.05, 0.1) is 31.0 Å². The fourth-order valence-corrected chi connectivity index (χ4v) is 4.55. The third-order valence-corrected chi connectivity index (χ3v) is 6.37. The number of hydrogen-bond acceptors (Lipinski definition) is 5. The van der Waals surface area contributed by atoms with Crippen LogP contribution in [-0.2, 0) is 23.7 Å². The van der Waals surface area contributed by atoms with Gasteiger partial charge < -0.3 is 23.7 Å². The normalized spacial score (nSPS) is 28.9. The summed E-state index contributed by atoms with van der Waals surface area (Å²) in [5, 5.41) is 0. The zero-order valence-electron chi connectivity index (χ0n) is 20.0. The van der Waals surface area contributed by atoms with Gasteiger partial charge in [-0.1, -0.05) is 75.1 Å². The molecule has 3 rings (SSSR count). The lowest BCUT2D eigenvalue weighted by molar-refractivity contribution is -0.264. The summed E-state index contributed by atoms with van der Waals surface area (Å²) in [4.78, 5) is 0. The number of hydrogen-bond donors (Lipinski definition) is 0. The van der Waals surface area contributed by atoms with E-state index in [4.69, 9.17) is 23.7 Å². The summed E-state index contributed by atoms with van der Waals surface area (Å²) in [6, 6.07) is 10.2. The van der Waals surface area contributed by atoms with Gasteiger partial charge in [-0.25, -0.2) is 0 Å². The van der Waals surface area contributed by atoms with Gasteiger partial charge in [-0.2, -0.15) is 0 Å². The Morgan fingerprint density at radius 1 is 0.938 bits per heavy atom. The molecule has 180 valence electrons. The van der Waals surface area contributed by atoms with Gasteiger partial charge in [0.15, 0.2) is 6.29 Å². The molecule has 2 aliphatic rings. The van der Waals surface area contributed by atoms with Gasteiger partial charge in [0.2, 0.25) is 0 Å². The van der Waals surface area contributed by atoms with Crippen molar-refractivity contribution in [3.63, 3.8) is 0 Å². The molecule has 32 heavy (non-hydrogen) atoms. The Kier molecular flexibility index (Phi) is 11.8. The number of rotatable bonds is 13. The van der Waals surface area contributed by atoms with E-state index in [-0.39, 0.29) is 30.7 Å². The molecule has 2 heterocycles. The minimum Gasteiger partial charge on any atom is -0.369 e. The van der Waals surface area contributed by atoms with Crippen LogP contribution in [0.5, 0.6) is 0 Å². The van der Waals surface area contributed by atoms with E-state index >= 15 is 0 Å². The first-order chi connectivity index (χ1) is 15.8. The minimum atomic E-state index is -0.313. The smallest absolute Gasteiger partial charge is 0.184 e. The van der Waals surface area contributed by atoms with Gasteiger partial charge in [0.1, 0.15) is 6.79 Å². The predicted octanol–water partition coefficient (Wildman–Crippen LogP) is 6.33. The summed E-state index contributed by atoms with van der Waals surface area (Å²) < 4.78 is 29.9. The van der Waals surface area contributed by atoms with Crippen LogP contribution in [-0.4, -0.2) is 44.9 Å². The van der Waals surface area contributed by atoms with Crippen molar-refractivity contribution in [1.82, 2.24) is 0 Å². The maximum Gasteiger partial charge on any atom is 0.184 e. The molecule has 5 nitrogen and oxygen atoms in total. The van der Waals surface area contributed by atoms with Crippen molar-refractivity contribution < 1.29 is 23.7 Å². The van der Waals surface area contributed by atoms with E-state index in [1.807, 2.05) is 18.2 Å². The molecule has 1 aromatic rings. The molecular weight excluding hydrogens is 404 g/mol. The maximum atomic E-state index is 6.57. The lowest BCUT2D eigenvalue weighted by Crippen LogP contribution is -2.47. The van der Waals surface area contributed by atoms with Gasteiger partial charge >= 0.3 is 0 Å². The fourth-order valence-electron chi connectivity index (χ4n) is 4.55. The monoisotopic (exact) mass is 446 g/mol. The first-order valence-electron chi connectivity index (χ1n) is 12.5. The quantitative estimate of drug-likeness (QED) is 0.201. The van der Waals surface area contributed by atoms with Gasteiger partial charge in [-0.15, -0.1) is 0 Å². The molecule has 0 spiro atoms. The average Bonchev–Trinajstić information content (AvgIpc) is 2.85. The second kappa shape index (κ2) is 14.8. The van der Waals surface area contributed by atoms with Gasteiger partial charge in [-0.05, 0) is 38.5 Å². The Balaban J connectivity index is 1.51. The highest BCUT2D eigenvalue weighted by atomic mass is 16.7. The third kappa shape index (κ3) is 8.27. The highest BCUT2D eigenvalue weighted by molar-refractivity contribution is 5.16. The van der Waals surface area contributed by atoms with Gasteiger partial charge in [-0.3, -0.25) is 0 Å². The largest absolute Gasteiger partial charge is 0.369 e. The van der Waals surface area contributed by atoms with Crippen molar-refractivity contribution >= 4 is 0 Å². The van der Waals surface area contributed by atoms with Gasteiger partial charge in [0.25, 0.3) is 0 Å². The molecule has 0 aliphatic carbocycles. The molecule has 2 saturated heterocycles. The van der Waals surface area contributed by atoms with E-state index < -0.39 is 0 Å². The Morgan fingerprint density at radius 2 is 1.75 bits per heavy atom. The standard InChI is InChI=1S/C27H42O5/c1-3-4-5-6-7-8-9-13-16-24-23(30-21-28-2)17-18-25(31-24)26-19-20-29-27(32-26)22-14-11-10-12-15-22/h9-15,23-27H,3-8,16-21H2,1-2H3/b13-9+/t23-,24+,25+,26+,27+/m1/s1. The summed E-state index contributed by atoms with van der Waals surface area (Å²) in [6.07, 6.45) is 15.8. The minimum absolute atomic E-state index is 0.0295. The molecule has 0 unspecified atom stereocenters. The molecule has 1 aromatic carbocycles. The SMILES string of the molecule is CCCCCCC/C=C/C[C@@H]1O[C@H]([C@@H]2CCO[C@H](c3ccccc3)O2)CC[C@H]1OCOC. The molecule has 0 bridgehead atoms. The van der Waals surface area contributed by atoms with Crippen LogP contribution in [0, 0.1) is 0 Å². The van der Waals surface area contributed by atoms with Crippen molar-refractivity contribution in [2.75, 3.05) is 20.5 Å². The Hall–Kier alpha value is -1.24. The second-order valence-corrected chi connectivity index (χ2v) is 8.89. The van der Waals surface area contributed by atoms with Crippen LogP contribution in [0.25, 0.3) is 0 Å². The highest BCUT2D eigenvalue weighted by Gasteiger charge is 2.38. The van der Waals surface area contributed by atoms with Crippen molar-refractivity contribution in [2.45, 2.75) is 102 Å². The van der Waals surface area contributed by atoms with E-state index in [9.17, 15) is 0 Å². The lowest BCUT2D eigenvalue weighted by Gasteiger charge is -2.41. The summed E-state index contributed by atoms with van der Waals surface area (Å²) >= 11 is 0. The topological polar surface area (TPSA) is 46.2 Å². The van der Waals surface area contributed by atoms with Crippen molar-refractivity contribution in [1.29, 1.82) is 0 Å². The van der Waals surface area contributed by atoms with Crippen LogP contribution in [0.3, 0.4) is 0 Å². The van der Waals surface area contributed by atoms with E-state index in [0.29, 0.717) is 13.4 Å². The first kappa shape index (κ1) is 25.4. The number of methoxy groups -OCH3 is 1. The Bertz CT molecular complexity index is 634. The van der Waals surface area contributed by atoms with Crippen LogP contribution in [0.15, 0.2) is 42.5 Å². The van der Waals surface area contributed by atoms with E-state index in [2.05, 4.69) is 31.2 Å². The molecule has 0 radical (unpaired) electrons. The molecule has 5 heteroatoms. The van der Waals surface area contributed by atoms with Crippen LogP contribution >= 0.6 is 0 Å². The zero-order valence-corrected chi connectivity index (χ0v) is 20.0. The van der Waals surface area contributed by atoms with Crippen molar-refractivity contribution in [2.24, 2.45) is 0 Å². The fraction of sp³-hybridized carbons (Fsp3) is 0.704. The summed E-state index contributed by atoms with van der Waals surface area (Å²) in [6.45, 7) is 3.25. The van der Waals surface area contributed by atoms with E-state index in [1.165, 1.54) is 32.1 Å². The Morgan fingerprint density at radius 3 is 2.56 bits per heavy atom. The maximum absolute atomic E-state index is 6.57. The average molecular weight is 447 g/mol. The molecule has 2 fully saturated rings. The molecule has 0 amide bonds.